The Morgan fingerprint density at radius 1 is 1.50 bits per heavy atom. The number of rotatable bonds is 5. The number of hydrogen-bond donors (Lipinski definition) is 2. The number of amides is 1. The normalized spacial score (nSPS) is 12.3. The number of nitrogens with one attached hydrogen (secondary N) is 1. The first-order chi connectivity index (χ1) is 9.49. The van der Waals surface area contributed by atoms with Crippen LogP contribution in [-0.4, -0.2) is 48.5 Å². The molecule has 2 aromatic rings. The number of carbonyl (C=O) groups is 2. The lowest BCUT2D eigenvalue weighted by Crippen LogP contribution is -2.41. The van der Waals surface area contributed by atoms with Crippen molar-refractivity contribution in [1.82, 2.24) is 25.1 Å². The fraction of sp³-hybridized carbons (Fsp3) is 0.364. The number of carboxylic acid groups (broad SMARTS) is 1. The van der Waals surface area contributed by atoms with Gasteiger partial charge in [-0.25, -0.2) is 14.8 Å². The van der Waals surface area contributed by atoms with Gasteiger partial charge in [0.2, 0.25) is 5.91 Å². The van der Waals surface area contributed by atoms with Crippen molar-refractivity contribution in [3.05, 3.63) is 12.5 Å². The molecule has 0 aliphatic carbocycles. The van der Waals surface area contributed by atoms with Gasteiger partial charge in [-0.15, -0.1) is 11.8 Å². The van der Waals surface area contributed by atoms with Gasteiger partial charge in [-0.05, 0) is 0 Å². The Bertz CT molecular complexity index is 657. The third-order valence-corrected chi connectivity index (χ3v) is 3.65. The number of hydrogen-bond acceptors (Lipinski definition) is 6. The summed E-state index contributed by atoms with van der Waals surface area (Å²) in [7, 11) is 1.77. The zero-order valence-corrected chi connectivity index (χ0v) is 11.7. The first-order valence-corrected chi connectivity index (χ1v) is 6.73. The highest BCUT2D eigenvalue weighted by molar-refractivity contribution is 7.99. The predicted octanol–water partition coefficient (Wildman–Crippen LogP) is 0.0447. The lowest BCUT2D eigenvalue weighted by Gasteiger charge is -2.12. The molecule has 2 aromatic heterocycles. The van der Waals surface area contributed by atoms with Crippen LogP contribution in [0.5, 0.6) is 0 Å². The summed E-state index contributed by atoms with van der Waals surface area (Å²) in [5.74, 6) is -1.29. The Balaban J connectivity index is 2.15. The van der Waals surface area contributed by atoms with E-state index >= 15 is 0 Å². The number of fused-ring (bicyclic) bond motifs is 1. The molecule has 1 amide bonds. The number of aromatic nitrogens is 4. The number of nitrogens with zero attached hydrogens (tertiary/aromatic N) is 4. The van der Waals surface area contributed by atoms with Gasteiger partial charge in [0.1, 0.15) is 17.4 Å². The van der Waals surface area contributed by atoms with Gasteiger partial charge in [0, 0.05) is 19.7 Å². The van der Waals surface area contributed by atoms with Crippen molar-refractivity contribution in [2.24, 2.45) is 7.05 Å². The number of aliphatic carboxylic acids is 1. The molecule has 8 nitrogen and oxygen atoms in total. The fourth-order valence-corrected chi connectivity index (χ4v) is 2.61. The molecule has 0 unspecified atom stereocenters. The quantitative estimate of drug-likeness (QED) is 0.592. The zero-order valence-electron chi connectivity index (χ0n) is 10.9. The summed E-state index contributed by atoms with van der Waals surface area (Å²) in [6.07, 6.45) is 3.03. The van der Waals surface area contributed by atoms with Crippen LogP contribution in [0, 0.1) is 0 Å². The Kier molecular flexibility index (Phi) is 4.18. The standard InChI is InChI=1S/C11H13N5O3S/c1-6(17)15-8(11(18)19)4-20-10-7-3-14-16(2)9(7)12-5-13-10/h3,5,8H,4H2,1-2H3,(H,15,17)(H,18,19)/t8-/m0/s1. The minimum Gasteiger partial charge on any atom is -0.480 e. The zero-order chi connectivity index (χ0) is 14.7. The van der Waals surface area contributed by atoms with Crippen molar-refractivity contribution in [3.63, 3.8) is 0 Å². The summed E-state index contributed by atoms with van der Waals surface area (Å²) >= 11 is 1.24. The lowest BCUT2D eigenvalue weighted by atomic mass is 10.3. The van der Waals surface area contributed by atoms with E-state index in [9.17, 15) is 9.59 Å². The Morgan fingerprint density at radius 2 is 2.25 bits per heavy atom. The summed E-state index contributed by atoms with van der Waals surface area (Å²) in [6.45, 7) is 1.28. The Hall–Kier alpha value is -2.16. The highest BCUT2D eigenvalue weighted by Crippen LogP contribution is 2.24. The second kappa shape index (κ2) is 5.87. The van der Waals surface area contributed by atoms with Crippen LogP contribution in [0.4, 0.5) is 0 Å². The van der Waals surface area contributed by atoms with Crippen LogP contribution in [0.3, 0.4) is 0 Å². The molecule has 0 spiro atoms. The molecule has 20 heavy (non-hydrogen) atoms. The van der Waals surface area contributed by atoms with E-state index in [0.717, 1.165) is 5.39 Å². The van der Waals surface area contributed by atoms with Gasteiger partial charge < -0.3 is 10.4 Å². The largest absolute Gasteiger partial charge is 0.480 e. The van der Waals surface area contributed by atoms with Crippen molar-refractivity contribution >= 4 is 34.7 Å². The minimum absolute atomic E-state index is 0.177. The third kappa shape index (κ3) is 3.05. The monoisotopic (exact) mass is 295 g/mol. The molecule has 0 fully saturated rings. The van der Waals surface area contributed by atoms with Crippen molar-refractivity contribution in [3.8, 4) is 0 Å². The molecule has 0 aromatic carbocycles. The maximum atomic E-state index is 11.0. The first kappa shape index (κ1) is 14.3. The van der Waals surface area contributed by atoms with Crippen molar-refractivity contribution < 1.29 is 14.7 Å². The molecule has 106 valence electrons. The van der Waals surface area contributed by atoms with E-state index in [2.05, 4.69) is 20.4 Å². The van der Waals surface area contributed by atoms with Crippen molar-refractivity contribution in [2.45, 2.75) is 18.0 Å². The van der Waals surface area contributed by atoms with Gasteiger partial charge in [-0.2, -0.15) is 5.10 Å². The first-order valence-electron chi connectivity index (χ1n) is 5.74. The summed E-state index contributed by atoms with van der Waals surface area (Å²) in [4.78, 5) is 30.2. The molecule has 0 aliphatic rings. The number of aryl methyl sites for hydroxylation is 1. The molecule has 0 saturated carbocycles. The van der Waals surface area contributed by atoms with Crippen LogP contribution in [0.25, 0.3) is 11.0 Å². The maximum absolute atomic E-state index is 11.0. The third-order valence-electron chi connectivity index (χ3n) is 2.56. The number of carbonyl (C=O) groups excluding carboxylic acids is 1. The number of carboxylic acids is 1. The smallest absolute Gasteiger partial charge is 0.327 e. The molecule has 0 aliphatic heterocycles. The molecule has 0 radical (unpaired) electrons. The fourth-order valence-electron chi connectivity index (χ4n) is 1.64. The van der Waals surface area contributed by atoms with E-state index in [0.29, 0.717) is 10.7 Å². The van der Waals surface area contributed by atoms with Crippen LogP contribution in [0.1, 0.15) is 6.92 Å². The van der Waals surface area contributed by atoms with Crippen molar-refractivity contribution in [2.75, 3.05) is 5.75 Å². The minimum atomic E-state index is -1.08. The summed E-state index contributed by atoms with van der Waals surface area (Å²) < 4.78 is 1.61. The van der Waals surface area contributed by atoms with Crippen LogP contribution < -0.4 is 5.32 Å². The van der Waals surface area contributed by atoms with E-state index in [-0.39, 0.29) is 11.7 Å². The van der Waals surface area contributed by atoms with E-state index in [1.165, 1.54) is 25.0 Å². The molecule has 0 bridgehead atoms. The lowest BCUT2D eigenvalue weighted by molar-refractivity contribution is -0.140. The predicted molar refractivity (Wildman–Crippen MR) is 72.3 cm³/mol. The second-order valence-corrected chi connectivity index (χ2v) is 5.10. The molecule has 0 saturated heterocycles. The average Bonchev–Trinajstić information content (AvgIpc) is 2.76. The molecule has 2 N–H and O–H groups in total. The van der Waals surface area contributed by atoms with Crippen LogP contribution in [0.15, 0.2) is 17.6 Å². The van der Waals surface area contributed by atoms with Gasteiger partial charge in [0.05, 0.1) is 11.6 Å². The summed E-state index contributed by atoms with van der Waals surface area (Å²) in [6, 6.07) is -0.959. The SMILES string of the molecule is CC(=O)N[C@@H](CSc1ncnc2c1cnn2C)C(=O)O. The van der Waals surface area contributed by atoms with Gasteiger partial charge in [-0.3, -0.25) is 9.48 Å². The van der Waals surface area contributed by atoms with Crippen LogP contribution in [0.2, 0.25) is 0 Å². The molecular formula is C11H13N5O3S. The summed E-state index contributed by atoms with van der Waals surface area (Å²) in [5.41, 5.74) is 0.675. The van der Waals surface area contributed by atoms with Gasteiger partial charge in [-0.1, -0.05) is 0 Å². The molecule has 9 heteroatoms. The van der Waals surface area contributed by atoms with E-state index < -0.39 is 12.0 Å². The Labute approximate surface area is 118 Å². The topological polar surface area (TPSA) is 110 Å². The van der Waals surface area contributed by atoms with Gasteiger partial charge in [0.25, 0.3) is 0 Å². The highest BCUT2D eigenvalue weighted by atomic mass is 32.2. The van der Waals surface area contributed by atoms with E-state index in [1.807, 2.05) is 0 Å². The average molecular weight is 295 g/mol. The van der Waals surface area contributed by atoms with Crippen LogP contribution in [-0.2, 0) is 16.6 Å². The van der Waals surface area contributed by atoms with E-state index in [1.54, 1.807) is 17.9 Å². The molecule has 2 rings (SSSR count). The summed E-state index contributed by atoms with van der Waals surface area (Å²) in [5, 5.41) is 16.9. The maximum Gasteiger partial charge on any atom is 0.327 e. The van der Waals surface area contributed by atoms with Crippen LogP contribution >= 0.6 is 11.8 Å². The molecular weight excluding hydrogens is 282 g/mol. The molecule has 1 atom stereocenters. The van der Waals surface area contributed by atoms with Gasteiger partial charge in [0.15, 0.2) is 5.65 Å². The molecule has 2 heterocycles. The highest BCUT2D eigenvalue weighted by Gasteiger charge is 2.19. The number of thioether (sulfide) groups is 1. The Morgan fingerprint density at radius 3 is 2.90 bits per heavy atom. The van der Waals surface area contributed by atoms with E-state index in [4.69, 9.17) is 5.11 Å². The van der Waals surface area contributed by atoms with Gasteiger partial charge >= 0.3 is 5.97 Å². The second-order valence-electron chi connectivity index (χ2n) is 4.09. The van der Waals surface area contributed by atoms with Crippen molar-refractivity contribution in [1.29, 1.82) is 0 Å².